The monoisotopic (exact) mass is 331 g/mol. The van der Waals surface area contributed by atoms with E-state index in [1.165, 1.54) is 0 Å². The molecule has 132 valence electrons. The molecule has 5 heteroatoms. The molecule has 1 heterocycles. The summed E-state index contributed by atoms with van der Waals surface area (Å²) in [4.78, 5) is 25.0. The van der Waals surface area contributed by atoms with Crippen molar-refractivity contribution in [3.8, 4) is 0 Å². The molecule has 1 aromatic carbocycles. The Labute approximate surface area is 144 Å². The second-order valence-electron chi connectivity index (χ2n) is 7.09. The van der Waals surface area contributed by atoms with Gasteiger partial charge >= 0.3 is 0 Å². The first-order chi connectivity index (χ1) is 11.5. The normalized spacial score (nSPS) is 22.0. The highest BCUT2D eigenvalue weighted by atomic mass is 16.2. The van der Waals surface area contributed by atoms with Crippen LogP contribution in [-0.4, -0.2) is 30.4 Å². The Balaban J connectivity index is 2.06. The first kappa shape index (κ1) is 18.5. The van der Waals surface area contributed by atoms with Gasteiger partial charge in [-0.25, -0.2) is 0 Å². The topological polar surface area (TPSA) is 70.2 Å². The lowest BCUT2D eigenvalue weighted by Gasteiger charge is -2.30. The number of hydrogen-bond acceptors (Lipinski definition) is 3. The minimum absolute atomic E-state index is 0.0901. The van der Waals surface area contributed by atoms with Crippen molar-refractivity contribution in [1.82, 2.24) is 16.0 Å². The lowest BCUT2D eigenvalue weighted by molar-refractivity contribution is -0.130. The van der Waals surface area contributed by atoms with Crippen molar-refractivity contribution in [3.05, 3.63) is 35.9 Å². The van der Waals surface area contributed by atoms with Crippen molar-refractivity contribution in [2.45, 2.75) is 58.2 Å². The third-order valence-electron chi connectivity index (χ3n) is 4.26. The molecule has 0 saturated carbocycles. The van der Waals surface area contributed by atoms with Gasteiger partial charge in [0.25, 0.3) is 0 Å². The third kappa shape index (κ3) is 5.64. The number of rotatable bonds is 6. The molecule has 3 unspecified atom stereocenters. The highest BCUT2D eigenvalue weighted by Crippen LogP contribution is 2.16. The van der Waals surface area contributed by atoms with Crippen LogP contribution < -0.4 is 16.0 Å². The van der Waals surface area contributed by atoms with Crippen LogP contribution in [0.4, 0.5) is 0 Å². The van der Waals surface area contributed by atoms with Gasteiger partial charge in [0.05, 0.1) is 0 Å². The maximum Gasteiger partial charge on any atom is 0.247 e. The van der Waals surface area contributed by atoms with Gasteiger partial charge in [0.1, 0.15) is 6.04 Å². The van der Waals surface area contributed by atoms with Gasteiger partial charge in [0.2, 0.25) is 11.8 Å². The van der Waals surface area contributed by atoms with Crippen LogP contribution >= 0.6 is 0 Å². The molecule has 2 amide bonds. The number of amides is 2. The molecule has 5 nitrogen and oxygen atoms in total. The van der Waals surface area contributed by atoms with E-state index in [1.807, 2.05) is 44.2 Å². The molecule has 3 atom stereocenters. The van der Waals surface area contributed by atoms with Gasteiger partial charge in [-0.05, 0) is 37.8 Å². The van der Waals surface area contributed by atoms with Gasteiger partial charge in [0, 0.05) is 18.5 Å². The van der Waals surface area contributed by atoms with Crippen LogP contribution in [0.2, 0.25) is 0 Å². The molecule has 0 aromatic heterocycles. The van der Waals surface area contributed by atoms with Crippen molar-refractivity contribution < 1.29 is 9.59 Å². The number of benzene rings is 1. The fourth-order valence-electron chi connectivity index (χ4n) is 3.08. The van der Waals surface area contributed by atoms with Gasteiger partial charge in [-0.1, -0.05) is 44.2 Å². The second-order valence-corrected chi connectivity index (χ2v) is 7.09. The van der Waals surface area contributed by atoms with Gasteiger partial charge in [-0.3, -0.25) is 9.59 Å². The largest absolute Gasteiger partial charge is 0.351 e. The van der Waals surface area contributed by atoms with Gasteiger partial charge < -0.3 is 16.0 Å². The Hall–Kier alpha value is -1.88. The van der Waals surface area contributed by atoms with E-state index < -0.39 is 6.04 Å². The average Bonchev–Trinajstić information content (AvgIpc) is 2.52. The van der Waals surface area contributed by atoms with Crippen molar-refractivity contribution in [3.63, 3.8) is 0 Å². The zero-order valence-corrected chi connectivity index (χ0v) is 14.8. The molecule has 1 aliphatic rings. The van der Waals surface area contributed by atoms with Crippen LogP contribution in [0, 0.1) is 5.92 Å². The summed E-state index contributed by atoms with van der Waals surface area (Å²) in [5.74, 6) is 0.0415. The number of hydrogen-bond donors (Lipinski definition) is 3. The first-order valence-corrected chi connectivity index (χ1v) is 8.83. The van der Waals surface area contributed by atoms with Crippen molar-refractivity contribution in [2.75, 3.05) is 6.54 Å². The van der Waals surface area contributed by atoms with Crippen molar-refractivity contribution >= 4 is 11.8 Å². The smallest absolute Gasteiger partial charge is 0.247 e. The summed E-state index contributed by atoms with van der Waals surface area (Å²) < 4.78 is 0. The zero-order chi connectivity index (χ0) is 17.5. The standard InChI is InChI=1S/C19H29N3O2/c1-13(2)11-17(23)22-18(15-7-5-4-6-8-15)19(24)21-16-9-10-20-14(3)12-16/h4-8,13-14,16,18,20H,9-12H2,1-3H3,(H,21,24)(H,22,23). The first-order valence-electron chi connectivity index (χ1n) is 8.83. The molecule has 0 spiro atoms. The molecule has 1 fully saturated rings. The van der Waals surface area contributed by atoms with E-state index >= 15 is 0 Å². The Morgan fingerprint density at radius 2 is 1.96 bits per heavy atom. The molecular formula is C19H29N3O2. The third-order valence-corrected chi connectivity index (χ3v) is 4.26. The van der Waals surface area contributed by atoms with Crippen LogP contribution in [0.1, 0.15) is 51.6 Å². The summed E-state index contributed by atoms with van der Waals surface area (Å²) in [6.07, 6.45) is 2.24. The molecular weight excluding hydrogens is 302 g/mol. The Bertz CT molecular complexity index is 545. The van der Waals surface area contributed by atoms with Gasteiger partial charge in [0.15, 0.2) is 0 Å². The minimum Gasteiger partial charge on any atom is -0.351 e. The van der Waals surface area contributed by atoms with Crippen LogP contribution in [0.15, 0.2) is 30.3 Å². The Morgan fingerprint density at radius 1 is 1.25 bits per heavy atom. The number of piperidine rings is 1. The summed E-state index contributed by atoms with van der Waals surface area (Å²) in [6.45, 7) is 7.01. The average molecular weight is 331 g/mol. The van der Waals surface area contributed by atoms with E-state index in [4.69, 9.17) is 0 Å². The lowest BCUT2D eigenvalue weighted by Crippen LogP contribution is -2.50. The number of carbonyl (C=O) groups is 2. The maximum absolute atomic E-state index is 12.8. The van der Waals surface area contributed by atoms with Crippen molar-refractivity contribution in [1.29, 1.82) is 0 Å². The van der Waals surface area contributed by atoms with Crippen LogP contribution in [-0.2, 0) is 9.59 Å². The highest BCUT2D eigenvalue weighted by Gasteiger charge is 2.27. The predicted octanol–water partition coefficient (Wildman–Crippen LogP) is 2.15. The van der Waals surface area contributed by atoms with Crippen molar-refractivity contribution in [2.24, 2.45) is 5.92 Å². The summed E-state index contributed by atoms with van der Waals surface area (Å²) >= 11 is 0. The molecule has 0 bridgehead atoms. The zero-order valence-electron chi connectivity index (χ0n) is 14.8. The van der Waals surface area contributed by atoms with Gasteiger partial charge in [-0.15, -0.1) is 0 Å². The summed E-state index contributed by atoms with van der Waals surface area (Å²) in [5, 5.41) is 9.39. The van der Waals surface area contributed by atoms with E-state index in [2.05, 4.69) is 22.9 Å². The second kappa shape index (κ2) is 8.83. The summed E-state index contributed by atoms with van der Waals surface area (Å²) in [5.41, 5.74) is 0.814. The summed E-state index contributed by atoms with van der Waals surface area (Å²) in [7, 11) is 0. The molecule has 0 aliphatic carbocycles. The van der Waals surface area contributed by atoms with E-state index in [1.54, 1.807) is 0 Å². The van der Waals surface area contributed by atoms with E-state index in [0.29, 0.717) is 12.5 Å². The Kier molecular flexibility index (Phi) is 6.79. The van der Waals surface area contributed by atoms with Crippen LogP contribution in [0.25, 0.3) is 0 Å². The number of carbonyl (C=O) groups excluding carboxylic acids is 2. The molecule has 24 heavy (non-hydrogen) atoms. The minimum atomic E-state index is -0.636. The Morgan fingerprint density at radius 3 is 2.58 bits per heavy atom. The quantitative estimate of drug-likeness (QED) is 0.748. The highest BCUT2D eigenvalue weighted by molar-refractivity contribution is 5.88. The summed E-state index contributed by atoms with van der Waals surface area (Å²) in [6, 6.07) is 9.35. The predicted molar refractivity (Wildman–Crippen MR) is 95.4 cm³/mol. The SMILES string of the molecule is CC(C)CC(=O)NC(C(=O)NC1CCNC(C)C1)c1ccccc1. The molecule has 1 saturated heterocycles. The van der Waals surface area contributed by atoms with Crippen LogP contribution in [0.5, 0.6) is 0 Å². The fourth-order valence-corrected chi connectivity index (χ4v) is 3.08. The fraction of sp³-hybridized carbons (Fsp3) is 0.579. The molecule has 1 aliphatic heterocycles. The molecule has 2 rings (SSSR count). The van der Waals surface area contributed by atoms with E-state index in [-0.39, 0.29) is 23.8 Å². The van der Waals surface area contributed by atoms with Gasteiger partial charge in [-0.2, -0.15) is 0 Å². The lowest BCUT2D eigenvalue weighted by atomic mass is 9.99. The maximum atomic E-state index is 12.8. The van der Waals surface area contributed by atoms with E-state index in [0.717, 1.165) is 24.9 Å². The van der Waals surface area contributed by atoms with E-state index in [9.17, 15) is 9.59 Å². The molecule has 1 aromatic rings. The molecule has 0 radical (unpaired) electrons. The van der Waals surface area contributed by atoms with Crippen LogP contribution in [0.3, 0.4) is 0 Å². The molecule has 3 N–H and O–H groups in total. The number of nitrogens with one attached hydrogen (secondary N) is 3.